The zero-order valence-corrected chi connectivity index (χ0v) is 19.1. The standard InChI is InChI=1S/C23H31ClN2O3S/c1-15(23-12-16-8-17(13-23)10-18(9-16)14-23)25-22(27)19-4-5-20(24)21(11-19)30(28,29)26-6-2-3-7-26/h4-5,11,15-18H,2-3,6-10,12-14H2,1H3,(H,25,27). The number of carbonyl (C=O) groups is 1. The quantitative estimate of drug-likeness (QED) is 0.720. The van der Waals surface area contributed by atoms with E-state index in [2.05, 4.69) is 12.2 Å². The van der Waals surface area contributed by atoms with E-state index in [1.807, 2.05) is 0 Å². The molecular formula is C23H31ClN2O3S. The minimum Gasteiger partial charge on any atom is -0.349 e. The Balaban J connectivity index is 1.35. The normalized spacial score (nSPS) is 34.3. The van der Waals surface area contributed by atoms with Gasteiger partial charge in [-0.3, -0.25) is 4.79 Å². The molecule has 6 rings (SSSR count). The van der Waals surface area contributed by atoms with Gasteiger partial charge in [0, 0.05) is 24.7 Å². The van der Waals surface area contributed by atoms with Gasteiger partial charge in [0.25, 0.3) is 5.91 Å². The summed E-state index contributed by atoms with van der Waals surface area (Å²) in [5.41, 5.74) is 0.579. The summed E-state index contributed by atoms with van der Waals surface area (Å²) in [4.78, 5) is 13.1. The third kappa shape index (κ3) is 3.49. The Hall–Kier alpha value is -1.11. The maximum absolute atomic E-state index is 13.1. The summed E-state index contributed by atoms with van der Waals surface area (Å²) in [5, 5.41) is 3.40. The number of nitrogens with zero attached hydrogens (tertiary/aromatic N) is 1. The number of halogens is 1. The molecule has 1 saturated heterocycles. The van der Waals surface area contributed by atoms with Crippen molar-refractivity contribution in [3.05, 3.63) is 28.8 Å². The Morgan fingerprint density at radius 2 is 1.67 bits per heavy atom. The molecule has 7 heteroatoms. The fourth-order valence-electron chi connectivity index (χ4n) is 7.05. The fraction of sp³-hybridized carbons (Fsp3) is 0.696. The monoisotopic (exact) mass is 450 g/mol. The zero-order valence-electron chi connectivity index (χ0n) is 17.6. The molecule has 1 unspecified atom stereocenters. The van der Waals surface area contributed by atoms with Gasteiger partial charge in [-0.05, 0) is 99.7 Å². The van der Waals surface area contributed by atoms with E-state index in [1.165, 1.54) is 55.0 Å². The Kier molecular flexibility index (Phi) is 5.19. The Morgan fingerprint density at radius 1 is 1.10 bits per heavy atom. The number of carbonyl (C=O) groups excluding carboxylic acids is 1. The molecule has 30 heavy (non-hydrogen) atoms. The van der Waals surface area contributed by atoms with Crippen LogP contribution in [-0.2, 0) is 10.0 Å². The number of sulfonamides is 1. The Labute approximate surface area is 184 Å². The maximum Gasteiger partial charge on any atom is 0.251 e. The SMILES string of the molecule is CC(NC(=O)c1ccc(Cl)c(S(=O)(=O)N2CCCC2)c1)C12CC3CC(CC(C3)C1)C2. The number of rotatable bonds is 5. The summed E-state index contributed by atoms with van der Waals surface area (Å²) < 4.78 is 27.4. The van der Waals surface area contributed by atoms with Crippen LogP contribution in [0.25, 0.3) is 0 Å². The lowest BCUT2D eigenvalue weighted by molar-refractivity contribution is -0.0688. The number of nitrogens with one attached hydrogen (secondary N) is 1. The fourth-order valence-corrected chi connectivity index (χ4v) is 9.07. The van der Waals surface area contributed by atoms with Crippen LogP contribution in [0, 0.1) is 23.2 Å². The minimum absolute atomic E-state index is 0.0428. The van der Waals surface area contributed by atoms with Crippen LogP contribution in [0.15, 0.2) is 23.1 Å². The molecule has 1 heterocycles. The smallest absolute Gasteiger partial charge is 0.251 e. The molecule has 1 amide bonds. The second kappa shape index (κ2) is 7.49. The molecule has 5 nitrogen and oxygen atoms in total. The number of amides is 1. The van der Waals surface area contributed by atoms with Crippen molar-refractivity contribution in [2.24, 2.45) is 23.2 Å². The molecule has 4 bridgehead atoms. The van der Waals surface area contributed by atoms with Crippen molar-refractivity contribution in [3.8, 4) is 0 Å². The molecule has 0 spiro atoms. The van der Waals surface area contributed by atoms with E-state index >= 15 is 0 Å². The average Bonchev–Trinajstić information content (AvgIpc) is 3.22. The van der Waals surface area contributed by atoms with Crippen molar-refractivity contribution >= 4 is 27.5 Å². The van der Waals surface area contributed by atoms with Crippen LogP contribution in [0.1, 0.15) is 68.6 Å². The number of hydrogen-bond acceptors (Lipinski definition) is 3. The van der Waals surface area contributed by atoms with E-state index in [1.54, 1.807) is 6.07 Å². The van der Waals surface area contributed by atoms with Gasteiger partial charge in [0.1, 0.15) is 4.90 Å². The largest absolute Gasteiger partial charge is 0.349 e. The van der Waals surface area contributed by atoms with E-state index < -0.39 is 10.0 Å². The average molecular weight is 451 g/mol. The molecule has 4 saturated carbocycles. The van der Waals surface area contributed by atoms with Crippen molar-refractivity contribution in [1.29, 1.82) is 0 Å². The highest BCUT2D eigenvalue weighted by Gasteiger charge is 2.53. The second-order valence-electron chi connectivity index (χ2n) is 10.2. The molecule has 1 aromatic carbocycles. The Bertz CT molecular complexity index is 920. The molecule has 5 fully saturated rings. The lowest BCUT2D eigenvalue weighted by Crippen LogP contribution is -2.55. The van der Waals surface area contributed by atoms with Crippen LogP contribution in [-0.4, -0.2) is 37.8 Å². The summed E-state index contributed by atoms with van der Waals surface area (Å²) in [6.45, 7) is 3.17. The predicted octanol–water partition coefficient (Wildman–Crippen LogP) is 4.46. The first-order valence-corrected chi connectivity index (χ1v) is 13.2. The summed E-state index contributed by atoms with van der Waals surface area (Å²) in [6, 6.07) is 4.72. The third-order valence-electron chi connectivity index (χ3n) is 8.23. The lowest BCUT2D eigenvalue weighted by Gasteiger charge is -2.59. The van der Waals surface area contributed by atoms with Crippen molar-refractivity contribution < 1.29 is 13.2 Å². The topological polar surface area (TPSA) is 66.5 Å². The third-order valence-corrected chi connectivity index (χ3v) is 10.6. The van der Waals surface area contributed by atoms with Crippen LogP contribution >= 0.6 is 11.6 Å². The van der Waals surface area contributed by atoms with Gasteiger partial charge in [0.15, 0.2) is 0 Å². The number of hydrogen-bond donors (Lipinski definition) is 1. The molecule has 0 radical (unpaired) electrons. The summed E-state index contributed by atoms with van der Waals surface area (Å²) >= 11 is 6.24. The molecule has 0 aromatic heterocycles. The molecule has 5 aliphatic rings. The molecule has 1 aromatic rings. The number of benzene rings is 1. The van der Waals surface area contributed by atoms with Gasteiger partial charge in [-0.25, -0.2) is 8.42 Å². The molecule has 1 atom stereocenters. The van der Waals surface area contributed by atoms with Crippen LogP contribution in [0.3, 0.4) is 0 Å². The van der Waals surface area contributed by atoms with Crippen molar-refractivity contribution in [2.45, 2.75) is 69.2 Å². The van der Waals surface area contributed by atoms with Gasteiger partial charge in [-0.2, -0.15) is 4.31 Å². The van der Waals surface area contributed by atoms with Gasteiger partial charge in [0.05, 0.1) is 5.02 Å². The highest BCUT2D eigenvalue weighted by Crippen LogP contribution is 2.61. The first kappa shape index (κ1) is 20.8. The lowest BCUT2D eigenvalue weighted by atomic mass is 9.48. The van der Waals surface area contributed by atoms with Gasteiger partial charge in [0.2, 0.25) is 10.0 Å². The highest BCUT2D eigenvalue weighted by molar-refractivity contribution is 7.89. The maximum atomic E-state index is 13.1. The highest BCUT2D eigenvalue weighted by atomic mass is 35.5. The molecular weight excluding hydrogens is 420 g/mol. The Morgan fingerprint density at radius 3 is 2.23 bits per heavy atom. The second-order valence-corrected chi connectivity index (χ2v) is 12.5. The van der Waals surface area contributed by atoms with Crippen LogP contribution in [0.5, 0.6) is 0 Å². The van der Waals surface area contributed by atoms with Crippen LogP contribution in [0.2, 0.25) is 5.02 Å². The van der Waals surface area contributed by atoms with Gasteiger partial charge in [-0.15, -0.1) is 0 Å². The van der Waals surface area contributed by atoms with E-state index in [4.69, 9.17) is 11.6 Å². The molecule has 4 aliphatic carbocycles. The van der Waals surface area contributed by atoms with E-state index in [-0.39, 0.29) is 27.3 Å². The van der Waals surface area contributed by atoms with Gasteiger partial charge >= 0.3 is 0 Å². The van der Waals surface area contributed by atoms with Crippen molar-refractivity contribution in [1.82, 2.24) is 9.62 Å². The summed E-state index contributed by atoms with van der Waals surface area (Å²) in [7, 11) is -3.67. The van der Waals surface area contributed by atoms with Gasteiger partial charge < -0.3 is 5.32 Å². The van der Waals surface area contributed by atoms with Gasteiger partial charge in [-0.1, -0.05) is 11.6 Å². The summed E-state index contributed by atoms with van der Waals surface area (Å²) in [6.07, 6.45) is 9.48. The van der Waals surface area contributed by atoms with E-state index in [0.29, 0.717) is 18.7 Å². The zero-order chi connectivity index (χ0) is 21.1. The predicted molar refractivity (Wildman–Crippen MR) is 117 cm³/mol. The minimum atomic E-state index is -3.67. The van der Waals surface area contributed by atoms with E-state index in [9.17, 15) is 13.2 Å². The van der Waals surface area contributed by atoms with Crippen molar-refractivity contribution in [2.75, 3.05) is 13.1 Å². The van der Waals surface area contributed by atoms with Crippen LogP contribution < -0.4 is 5.32 Å². The molecule has 1 N–H and O–H groups in total. The molecule has 1 aliphatic heterocycles. The van der Waals surface area contributed by atoms with Crippen molar-refractivity contribution in [3.63, 3.8) is 0 Å². The van der Waals surface area contributed by atoms with Crippen LogP contribution in [0.4, 0.5) is 0 Å². The van der Waals surface area contributed by atoms with E-state index in [0.717, 1.165) is 30.6 Å². The summed E-state index contributed by atoms with van der Waals surface area (Å²) in [5.74, 6) is 2.27. The first-order valence-electron chi connectivity index (χ1n) is 11.4. The molecule has 164 valence electrons. The first-order chi connectivity index (χ1) is 14.3.